The highest BCUT2D eigenvalue weighted by molar-refractivity contribution is 9.10. The molecular weight excluding hydrogens is 360 g/mol. The average molecular weight is 375 g/mol. The lowest BCUT2D eigenvalue weighted by atomic mass is 10.2. The van der Waals surface area contributed by atoms with Crippen LogP contribution in [-0.2, 0) is 9.59 Å². The predicted octanol–water partition coefficient (Wildman–Crippen LogP) is 2.69. The van der Waals surface area contributed by atoms with Gasteiger partial charge in [0.05, 0.1) is 0 Å². The molecule has 2 N–H and O–H groups in total. The first-order valence-corrected chi connectivity index (χ1v) is 7.63. The van der Waals surface area contributed by atoms with Crippen molar-refractivity contribution in [2.24, 2.45) is 0 Å². The first kappa shape index (κ1) is 16.8. The number of hydrazine groups is 1. The summed E-state index contributed by atoms with van der Waals surface area (Å²) in [6, 6.07) is 16.5. The fourth-order valence-corrected chi connectivity index (χ4v) is 1.89. The molecule has 0 atom stereocenters. The van der Waals surface area contributed by atoms with Gasteiger partial charge in [0, 0.05) is 10.5 Å². The second-order valence-corrected chi connectivity index (χ2v) is 5.44. The lowest BCUT2D eigenvalue weighted by Gasteiger charge is -2.07. The van der Waals surface area contributed by atoms with Crippen molar-refractivity contribution in [2.75, 3.05) is 6.61 Å². The smallest absolute Gasteiger partial charge is 0.276 e. The summed E-state index contributed by atoms with van der Waals surface area (Å²) in [6.45, 7) is -0.190. The van der Waals surface area contributed by atoms with E-state index in [9.17, 15) is 9.59 Å². The van der Waals surface area contributed by atoms with Gasteiger partial charge >= 0.3 is 0 Å². The van der Waals surface area contributed by atoms with Gasteiger partial charge in [0.25, 0.3) is 11.8 Å². The van der Waals surface area contributed by atoms with Crippen molar-refractivity contribution in [3.05, 3.63) is 70.7 Å². The lowest BCUT2D eigenvalue weighted by molar-refractivity contribution is -0.128. The van der Waals surface area contributed by atoms with Crippen LogP contribution in [0.4, 0.5) is 0 Å². The number of carbonyl (C=O) groups excluding carboxylic acids is 2. The molecule has 0 fully saturated rings. The van der Waals surface area contributed by atoms with Gasteiger partial charge in [0.1, 0.15) is 5.75 Å². The Morgan fingerprint density at radius 2 is 1.70 bits per heavy atom. The third-order valence-electron chi connectivity index (χ3n) is 2.74. The molecule has 0 aromatic heterocycles. The van der Waals surface area contributed by atoms with E-state index < -0.39 is 11.8 Å². The Kier molecular flexibility index (Phi) is 6.38. The van der Waals surface area contributed by atoms with E-state index in [1.54, 1.807) is 18.2 Å². The van der Waals surface area contributed by atoms with Crippen molar-refractivity contribution in [3.63, 3.8) is 0 Å². The van der Waals surface area contributed by atoms with E-state index in [2.05, 4.69) is 26.8 Å². The van der Waals surface area contributed by atoms with E-state index in [-0.39, 0.29) is 6.61 Å². The zero-order valence-corrected chi connectivity index (χ0v) is 13.7. The lowest BCUT2D eigenvalue weighted by Crippen LogP contribution is -2.43. The number of rotatable bonds is 5. The molecule has 0 aliphatic heterocycles. The van der Waals surface area contributed by atoms with E-state index in [4.69, 9.17) is 4.74 Å². The number of hydrogen-bond acceptors (Lipinski definition) is 3. The molecule has 2 aromatic rings. The van der Waals surface area contributed by atoms with Crippen molar-refractivity contribution in [1.82, 2.24) is 10.9 Å². The molecule has 0 aliphatic carbocycles. The van der Waals surface area contributed by atoms with Crippen LogP contribution < -0.4 is 15.6 Å². The Hall–Kier alpha value is -2.60. The highest BCUT2D eigenvalue weighted by Crippen LogP contribution is 2.15. The molecule has 0 saturated carbocycles. The van der Waals surface area contributed by atoms with E-state index >= 15 is 0 Å². The average Bonchev–Trinajstić information content (AvgIpc) is 2.58. The minimum Gasteiger partial charge on any atom is -0.484 e. The second-order valence-electron chi connectivity index (χ2n) is 4.52. The third kappa shape index (κ3) is 6.36. The molecule has 2 aromatic carbocycles. The molecule has 0 heterocycles. The third-order valence-corrected chi connectivity index (χ3v) is 3.26. The van der Waals surface area contributed by atoms with Crippen LogP contribution in [0.1, 0.15) is 5.56 Å². The van der Waals surface area contributed by atoms with Gasteiger partial charge in [-0.3, -0.25) is 20.4 Å². The van der Waals surface area contributed by atoms with Crippen LogP contribution in [0.2, 0.25) is 0 Å². The van der Waals surface area contributed by atoms with Gasteiger partial charge in [-0.1, -0.05) is 46.3 Å². The quantitative estimate of drug-likeness (QED) is 0.624. The van der Waals surface area contributed by atoms with Gasteiger partial charge < -0.3 is 4.74 Å². The summed E-state index contributed by atoms with van der Waals surface area (Å²) in [4.78, 5) is 23.2. The summed E-state index contributed by atoms with van der Waals surface area (Å²) < 4.78 is 6.21. The largest absolute Gasteiger partial charge is 0.484 e. The molecule has 0 unspecified atom stereocenters. The van der Waals surface area contributed by atoms with Crippen LogP contribution >= 0.6 is 15.9 Å². The van der Waals surface area contributed by atoms with E-state index in [0.717, 1.165) is 10.0 Å². The van der Waals surface area contributed by atoms with Crippen molar-refractivity contribution in [3.8, 4) is 5.75 Å². The normalized spacial score (nSPS) is 10.3. The monoisotopic (exact) mass is 374 g/mol. The van der Waals surface area contributed by atoms with Crippen LogP contribution in [0.25, 0.3) is 6.08 Å². The summed E-state index contributed by atoms with van der Waals surface area (Å²) in [5.41, 5.74) is 5.46. The highest BCUT2D eigenvalue weighted by atomic mass is 79.9. The fraction of sp³-hybridized carbons (Fsp3) is 0.0588. The van der Waals surface area contributed by atoms with Gasteiger partial charge in [0.15, 0.2) is 6.61 Å². The molecule has 0 spiro atoms. The molecule has 0 bridgehead atoms. The van der Waals surface area contributed by atoms with Crippen LogP contribution in [0.3, 0.4) is 0 Å². The highest BCUT2D eigenvalue weighted by Gasteiger charge is 2.03. The molecule has 6 heteroatoms. The maximum Gasteiger partial charge on any atom is 0.276 e. The van der Waals surface area contributed by atoms with E-state index in [1.165, 1.54) is 6.08 Å². The van der Waals surface area contributed by atoms with Crippen molar-refractivity contribution in [1.29, 1.82) is 0 Å². The standard InChI is InChI=1S/C17H15BrN2O3/c18-14-7-9-15(10-8-14)23-12-17(22)20-19-16(21)11-6-13-4-2-1-3-5-13/h1-11H,12H2,(H,19,21)(H,20,22). The van der Waals surface area contributed by atoms with Gasteiger partial charge in [-0.05, 0) is 35.9 Å². The minimum absolute atomic E-state index is 0.190. The number of ether oxygens (including phenoxy) is 1. The summed E-state index contributed by atoms with van der Waals surface area (Å²) in [5, 5.41) is 0. The Bertz CT molecular complexity index is 685. The van der Waals surface area contributed by atoms with Crippen LogP contribution in [-0.4, -0.2) is 18.4 Å². The molecular formula is C17H15BrN2O3. The second kappa shape index (κ2) is 8.75. The Morgan fingerprint density at radius 3 is 2.39 bits per heavy atom. The number of benzene rings is 2. The van der Waals surface area contributed by atoms with Crippen LogP contribution in [0.5, 0.6) is 5.75 Å². The summed E-state index contributed by atoms with van der Waals surface area (Å²) in [7, 11) is 0. The topological polar surface area (TPSA) is 67.4 Å². The molecule has 0 saturated heterocycles. The summed E-state index contributed by atoms with van der Waals surface area (Å²) in [5.74, 6) is -0.307. The first-order chi connectivity index (χ1) is 11.1. The number of carbonyl (C=O) groups is 2. The maximum absolute atomic E-state index is 11.6. The number of hydrogen-bond donors (Lipinski definition) is 2. The zero-order chi connectivity index (χ0) is 16.5. The first-order valence-electron chi connectivity index (χ1n) is 6.84. The summed E-state index contributed by atoms with van der Waals surface area (Å²) in [6.07, 6.45) is 2.99. The van der Waals surface area contributed by atoms with Crippen molar-refractivity contribution in [2.45, 2.75) is 0 Å². The van der Waals surface area contributed by atoms with Gasteiger partial charge in [0.2, 0.25) is 0 Å². The fourth-order valence-electron chi connectivity index (χ4n) is 1.62. The number of amides is 2. The van der Waals surface area contributed by atoms with Crippen molar-refractivity contribution < 1.29 is 14.3 Å². The molecule has 2 rings (SSSR count). The Balaban J connectivity index is 1.70. The van der Waals surface area contributed by atoms with Crippen LogP contribution in [0, 0.1) is 0 Å². The van der Waals surface area contributed by atoms with Crippen LogP contribution in [0.15, 0.2) is 65.1 Å². The molecule has 0 radical (unpaired) electrons. The Labute approximate surface area is 142 Å². The van der Waals surface area contributed by atoms with Gasteiger partial charge in [-0.25, -0.2) is 0 Å². The van der Waals surface area contributed by atoms with Gasteiger partial charge in [-0.2, -0.15) is 0 Å². The number of nitrogens with one attached hydrogen (secondary N) is 2. The molecule has 0 aliphatic rings. The summed E-state index contributed by atoms with van der Waals surface area (Å²) >= 11 is 3.31. The zero-order valence-electron chi connectivity index (χ0n) is 12.2. The SMILES string of the molecule is O=C(C=Cc1ccccc1)NNC(=O)COc1ccc(Br)cc1. The minimum atomic E-state index is -0.450. The molecule has 2 amide bonds. The van der Waals surface area contributed by atoms with E-state index in [1.807, 2.05) is 42.5 Å². The van der Waals surface area contributed by atoms with E-state index in [0.29, 0.717) is 5.75 Å². The molecule has 23 heavy (non-hydrogen) atoms. The number of halogens is 1. The van der Waals surface area contributed by atoms with Crippen molar-refractivity contribution >= 4 is 33.8 Å². The maximum atomic E-state index is 11.6. The Morgan fingerprint density at radius 1 is 1.00 bits per heavy atom. The van der Waals surface area contributed by atoms with Gasteiger partial charge in [-0.15, -0.1) is 0 Å². The molecule has 5 nitrogen and oxygen atoms in total. The molecule has 118 valence electrons. The predicted molar refractivity (Wildman–Crippen MR) is 91.4 cm³/mol.